The van der Waals surface area contributed by atoms with Gasteiger partial charge in [-0.05, 0) is 30.3 Å². The van der Waals surface area contributed by atoms with Crippen molar-refractivity contribution in [1.82, 2.24) is 4.98 Å². The maximum absolute atomic E-state index is 13.0. The van der Waals surface area contributed by atoms with Crippen molar-refractivity contribution in [2.45, 2.75) is 12.2 Å². The van der Waals surface area contributed by atoms with Crippen LogP contribution >= 0.6 is 11.6 Å². The summed E-state index contributed by atoms with van der Waals surface area (Å²) in [7, 11) is 0. The first kappa shape index (κ1) is 19.9. The number of ether oxygens (including phenoxy) is 1. The summed E-state index contributed by atoms with van der Waals surface area (Å²) >= 11 is 6.46. The van der Waals surface area contributed by atoms with Crippen molar-refractivity contribution in [3.63, 3.8) is 0 Å². The third-order valence-corrected chi connectivity index (χ3v) is 5.58. The largest absolute Gasteiger partial charge is 0.505 e. The van der Waals surface area contributed by atoms with Gasteiger partial charge in [-0.15, -0.1) is 0 Å². The molecular formula is C21H19ClF3N2O2+. The molecule has 0 amide bonds. The van der Waals surface area contributed by atoms with Crippen molar-refractivity contribution in [3.8, 4) is 5.75 Å². The number of quaternary nitrogens is 1. The summed E-state index contributed by atoms with van der Waals surface area (Å²) in [4.78, 5) is 5.33. The molecule has 4 nitrogen and oxygen atoms in total. The van der Waals surface area contributed by atoms with Crippen LogP contribution in [0.5, 0.6) is 5.75 Å². The Bertz CT molecular complexity index is 1020. The molecule has 8 heteroatoms. The highest BCUT2D eigenvalue weighted by molar-refractivity contribution is 6.35. The zero-order valence-electron chi connectivity index (χ0n) is 15.3. The minimum Gasteiger partial charge on any atom is -0.505 e. The monoisotopic (exact) mass is 423 g/mol. The number of hydrogen-bond acceptors (Lipinski definition) is 3. The Morgan fingerprint density at radius 2 is 1.79 bits per heavy atom. The average molecular weight is 424 g/mol. The number of nitrogens with zero attached hydrogens (tertiary/aromatic N) is 1. The summed E-state index contributed by atoms with van der Waals surface area (Å²) in [5.74, 6) is -0.00566. The summed E-state index contributed by atoms with van der Waals surface area (Å²) in [6, 6.07) is 9.85. The molecule has 2 N–H and O–H groups in total. The lowest BCUT2D eigenvalue weighted by Gasteiger charge is -2.32. The number of aromatic nitrogens is 1. The van der Waals surface area contributed by atoms with Crippen LogP contribution in [0.2, 0.25) is 5.02 Å². The normalized spacial score (nSPS) is 16.8. The van der Waals surface area contributed by atoms with Crippen LogP contribution in [-0.4, -0.2) is 36.4 Å². The van der Waals surface area contributed by atoms with Gasteiger partial charge in [0.2, 0.25) is 0 Å². The Balaban J connectivity index is 1.85. The van der Waals surface area contributed by atoms with Crippen LogP contribution in [0, 0.1) is 0 Å². The Kier molecular flexibility index (Phi) is 5.38. The van der Waals surface area contributed by atoms with Crippen LogP contribution < -0.4 is 4.90 Å². The van der Waals surface area contributed by atoms with Gasteiger partial charge in [0.05, 0.1) is 29.4 Å². The highest BCUT2D eigenvalue weighted by atomic mass is 35.5. The Morgan fingerprint density at radius 1 is 1.10 bits per heavy atom. The van der Waals surface area contributed by atoms with E-state index in [0.29, 0.717) is 53.4 Å². The van der Waals surface area contributed by atoms with Gasteiger partial charge in [0.1, 0.15) is 24.6 Å². The standard InChI is InChI=1S/C21H18ClF3N2O2/c22-17-12-16(20(28)18-15(17)2-1-7-26-18)19(27-8-10-29-11-9-27)13-3-5-14(6-4-13)21(23,24)25/h1-7,12,19,28H,8-11H2/p+1. The smallest absolute Gasteiger partial charge is 0.416 e. The highest BCUT2D eigenvalue weighted by Crippen LogP contribution is 2.38. The van der Waals surface area contributed by atoms with Crippen molar-refractivity contribution in [1.29, 1.82) is 0 Å². The lowest BCUT2D eigenvalue weighted by atomic mass is 9.93. The number of phenolic OH excluding ortho intramolecular Hbond substituents is 1. The van der Waals surface area contributed by atoms with E-state index in [0.717, 1.165) is 17.0 Å². The van der Waals surface area contributed by atoms with Crippen LogP contribution in [0.1, 0.15) is 22.7 Å². The molecule has 152 valence electrons. The van der Waals surface area contributed by atoms with Gasteiger partial charge >= 0.3 is 6.18 Å². The van der Waals surface area contributed by atoms with Crippen LogP contribution in [-0.2, 0) is 10.9 Å². The van der Waals surface area contributed by atoms with Crippen molar-refractivity contribution < 1.29 is 27.9 Å². The zero-order valence-corrected chi connectivity index (χ0v) is 16.1. The molecule has 4 rings (SSSR count). The molecular weight excluding hydrogens is 405 g/mol. The maximum Gasteiger partial charge on any atom is 0.416 e. The van der Waals surface area contributed by atoms with Gasteiger partial charge in [-0.2, -0.15) is 13.2 Å². The summed E-state index contributed by atoms with van der Waals surface area (Å²) < 4.78 is 44.4. The number of halogens is 4. The van der Waals surface area contributed by atoms with Crippen LogP contribution in [0.4, 0.5) is 13.2 Å². The zero-order chi connectivity index (χ0) is 20.6. The van der Waals surface area contributed by atoms with Gasteiger partial charge in [-0.25, -0.2) is 0 Å². The van der Waals surface area contributed by atoms with E-state index in [4.69, 9.17) is 16.3 Å². The van der Waals surface area contributed by atoms with E-state index in [2.05, 4.69) is 4.98 Å². The topological polar surface area (TPSA) is 46.8 Å². The number of rotatable bonds is 3. The van der Waals surface area contributed by atoms with E-state index < -0.39 is 17.8 Å². The van der Waals surface area contributed by atoms with Gasteiger partial charge in [-0.3, -0.25) is 4.98 Å². The molecule has 2 heterocycles. The third-order valence-electron chi connectivity index (χ3n) is 5.27. The van der Waals surface area contributed by atoms with Gasteiger partial charge < -0.3 is 14.7 Å². The fraction of sp³-hybridized carbons (Fsp3) is 0.286. The molecule has 0 radical (unpaired) electrons. The lowest BCUT2D eigenvalue weighted by Crippen LogP contribution is -3.14. The molecule has 3 aromatic rings. The minimum atomic E-state index is -4.40. The molecule has 1 saturated heterocycles. The summed E-state index contributed by atoms with van der Waals surface area (Å²) in [6.07, 6.45) is -2.84. The van der Waals surface area contributed by atoms with E-state index in [-0.39, 0.29) is 5.75 Å². The van der Waals surface area contributed by atoms with Gasteiger partial charge in [0, 0.05) is 17.1 Å². The molecule has 1 atom stereocenters. The van der Waals surface area contributed by atoms with Crippen LogP contribution in [0.25, 0.3) is 10.9 Å². The SMILES string of the molecule is Oc1c(C(c2ccc(C(F)(F)F)cc2)[NH+]2CCOCC2)cc(Cl)c2cccnc12. The fourth-order valence-corrected chi connectivity index (χ4v) is 4.12. The quantitative estimate of drug-likeness (QED) is 0.676. The number of hydrogen-bond donors (Lipinski definition) is 2. The first-order chi connectivity index (χ1) is 13.9. The van der Waals surface area contributed by atoms with E-state index in [1.54, 1.807) is 24.4 Å². The second kappa shape index (κ2) is 7.82. The summed E-state index contributed by atoms with van der Waals surface area (Å²) in [5, 5.41) is 12.0. The predicted octanol–water partition coefficient (Wildman–Crippen LogP) is 3.62. The van der Waals surface area contributed by atoms with Crippen molar-refractivity contribution in [2.24, 2.45) is 0 Å². The molecule has 29 heavy (non-hydrogen) atoms. The predicted molar refractivity (Wildman–Crippen MR) is 103 cm³/mol. The molecule has 0 bridgehead atoms. The molecule has 1 fully saturated rings. The number of aromatic hydroxyl groups is 1. The van der Waals surface area contributed by atoms with Gasteiger partial charge in [0.25, 0.3) is 0 Å². The fourth-order valence-electron chi connectivity index (χ4n) is 3.85. The maximum atomic E-state index is 13.0. The second-order valence-electron chi connectivity index (χ2n) is 7.02. The van der Waals surface area contributed by atoms with Crippen molar-refractivity contribution in [2.75, 3.05) is 26.3 Å². The highest BCUT2D eigenvalue weighted by Gasteiger charge is 2.34. The van der Waals surface area contributed by atoms with Crippen LogP contribution in [0.3, 0.4) is 0 Å². The molecule has 0 saturated carbocycles. The molecule has 2 aromatic carbocycles. The average Bonchev–Trinajstić information content (AvgIpc) is 2.72. The van der Waals surface area contributed by atoms with E-state index in [1.165, 1.54) is 12.1 Å². The molecule has 0 spiro atoms. The minimum absolute atomic E-state index is 0.00566. The van der Waals surface area contributed by atoms with Crippen molar-refractivity contribution >= 4 is 22.5 Å². The van der Waals surface area contributed by atoms with E-state index >= 15 is 0 Å². The number of pyridine rings is 1. The number of phenols is 1. The van der Waals surface area contributed by atoms with Crippen LogP contribution in [0.15, 0.2) is 48.7 Å². The second-order valence-corrected chi connectivity index (χ2v) is 7.43. The summed E-state index contributed by atoms with van der Waals surface area (Å²) in [5.41, 5.74) is 0.869. The van der Waals surface area contributed by atoms with Crippen molar-refractivity contribution in [3.05, 3.63) is 70.4 Å². The Morgan fingerprint density at radius 3 is 2.45 bits per heavy atom. The van der Waals surface area contributed by atoms with Gasteiger partial charge in [0.15, 0.2) is 5.75 Å². The number of nitrogens with one attached hydrogen (secondary N) is 1. The van der Waals surface area contributed by atoms with E-state index in [9.17, 15) is 18.3 Å². The summed E-state index contributed by atoms with van der Waals surface area (Å²) in [6.45, 7) is 2.38. The van der Waals surface area contributed by atoms with E-state index in [1.807, 2.05) is 0 Å². The molecule has 1 aromatic heterocycles. The molecule has 1 unspecified atom stereocenters. The third kappa shape index (κ3) is 3.90. The first-order valence-electron chi connectivity index (χ1n) is 9.22. The van der Waals surface area contributed by atoms with Gasteiger partial charge in [-0.1, -0.05) is 23.7 Å². The number of benzene rings is 2. The number of fused-ring (bicyclic) bond motifs is 1. The Hall–Kier alpha value is -2.35. The lowest BCUT2D eigenvalue weighted by molar-refractivity contribution is -0.933. The molecule has 1 aliphatic heterocycles. The number of alkyl halides is 3. The Labute approximate surface area is 170 Å². The first-order valence-corrected chi connectivity index (χ1v) is 9.59. The molecule has 1 aliphatic rings. The number of morpholine rings is 1. The molecule has 0 aliphatic carbocycles.